The van der Waals surface area contributed by atoms with Crippen LogP contribution in [0, 0.1) is 5.41 Å². The summed E-state index contributed by atoms with van der Waals surface area (Å²) in [6, 6.07) is -0.667. The van der Waals surface area contributed by atoms with Crippen molar-refractivity contribution in [2.75, 3.05) is 27.2 Å². The van der Waals surface area contributed by atoms with Gasteiger partial charge >= 0.3 is 0 Å². The fourth-order valence-corrected chi connectivity index (χ4v) is 3.34. The van der Waals surface area contributed by atoms with Gasteiger partial charge in [-0.05, 0) is 37.9 Å². The van der Waals surface area contributed by atoms with E-state index in [0.29, 0.717) is 24.5 Å². The number of amides is 2. The van der Waals surface area contributed by atoms with E-state index in [4.69, 9.17) is 5.11 Å². The van der Waals surface area contributed by atoms with Gasteiger partial charge in [-0.1, -0.05) is 26.8 Å². The van der Waals surface area contributed by atoms with Crippen molar-refractivity contribution in [1.82, 2.24) is 25.1 Å². The zero-order valence-electron chi connectivity index (χ0n) is 17.6. The molecule has 0 saturated carbocycles. The largest absolute Gasteiger partial charge is 0.396 e. The normalized spacial score (nSPS) is 16.5. The van der Waals surface area contributed by atoms with Crippen LogP contribution in [0.2, 0.25) is 0 Å². The predicted molar refractivity (Wildman–Crippen MR) is 109 cm³/mol. The Bertz CT molecular complexity index is 733. The Balaban J connectivity index is 2.40. The Morgan fingerprint density at radius 1 is 1.32 bits per heavy atom. The second-order valence-corrected chi connectivity index (χ2v) is 8.31. The van der Waals surface area contributed by atoms with Crippen molar-refractivity contribution in [1.29, 1.82) is 0 Å². The smallest absolute Gasteiger partial charge is 0.272 e. The lowest BCUT2D eigenvalue weighted by molar-refractivity contribution is -0.124. The number of rotatable bonds is 6. The highest BCUT2D eigenvalue weighted by molar-refractivity contribution is 5.97. The molecule has 1 aromatic rings. The van der Waals surface area contributed by atoms with E-state index in [1.165, 1.54) is 0 Å². The number of carbonyl (C=O) groups is 2. The molecule has 2 rings (SSSR count). The molecule has 1 aromatic heterocycles. The minimum absolute atomic E-state index is 0.0690. The summed E-state index contributed by atoms with van der Waals surface area (Å²) in [6.07, 6.45) is 5.20. The van der Waals surface area contributed by atoms with Crippen LogP contribution in [-0.2, 0) is 17.9 Å². The van der Waals surface area contributed by atoms with Crippen LogP contribution in [0.4, 0.5) is 0 Å². The first-order chi connectivity index (χ1) is 13.2. The number of nitrogens with one attached hydrogen (secondary N) is 2. The van der Waals surface area contributed by atoms with E-state index in [9.17, 15) is 9.59 Å². The number of aromatic nitrogens is 2. The Morgan fingerprint density at radius 3 is 2.64 bits per heavy atom. The van der Waals surface area contributed by atoms with Crippen LogP contribution < -0.4 is 10.6 Å². The molecule has 1 aliphatic heterocycles. The molecule has 156 valence electrons. The van der Waals surface area contributed by atoms with Gasteiger partial charge in [0, 0.05) is 26.7 Å². The van der Waals surface area contributed by atoms with Crippen LogP contribution in [0.5, 0.6) is 0 Å². The van der Waals surface area contributed by atoms with Gasteiger partial charge in [-0.3, -0.25) is 9.59 Å². The number of carbonyl (C=O) groups excluding carboxylic acids is 2. The minimum Gasteiger partial charge on any atom is -0.396 e. The SMILES string of the molecule is CNC(=O)C(NC(=O)c1nc(C=CCCO)n2c1CN(C)CCC2)C(C)(C)C. The number of hydrogen-bond acceptors (Lipinski definition) is 5. The summed E-state index contributed by atoms with van der Waals surface area (Å²) in [6.45, 7) is 8.14. The van der Waals surface area contributed by atoms with Crippen LogP contribution in [0.1, 0.15) is 55.6 Å². The first kappa shape index (κ1) is 22.1. The molecule has 0 spiro atoms. The fraction of sp³-hybridized carbons (Fsp3) is 0.650. The lowest BCUT2D eigenvalue weighted by Crippen LogP contribution is -2.53. The average molecular weight is 392 g/mol. The summed E-state index contributed by atoms with van der Waals surface area (Å²) < 4.78 is 2.07. The maximum absolute atomic E-state index is 13.1. The third-order valence-corrected chi connectivity index (χ3v) is 4.87. The molecular weight excluding hydrogens is 358 g/mol. The highest BCUT2D eigenvalue weighted by Crippen LogP contribution is 2.23. The Morgan fingerprint density at radius 2 is 2.04 bits per heavy atom. The van der Waals surface area contributed by atoms with Crippen LogP contribution in [-0.4, -0.2) is 64.7 Å². The van der Waals surface area contributed by atoms with Gasteiger partial charge in [0.1, 0.15) is 11.9 Å². The summed E-state index contributed by atoms with van der Waals surface area (Å²) in [5.41, 5.74) is 0.772. The van der Waals surface area contributed by atoms with Gasteiger partial charge < -0.3 is 25.2 Å². The molecule has 0 aromatic carbocycles. The first-order valence-electron chi connectivity index (χ1n) is 9.76. The summed E-state index contributed by atoms with van der Waals surface area (Å²) in [7, 11) is 3.59. The standard InChI is InChI=1S/C20H33N5O3/c1-20(2,3)17(19(28)21-4)23-18(27)16-14-13-24(5)10-8-11-25(14)15(22-16)9-6-7-12-26/h6,9,17,26H,7-8,10-13H2,1-5H3,(H,21,28)(H,23,27). The molecule has 0 fully saturated rings. The van der Waals surface area contributed by atoms with Gasteiger partial charge in [0.15, 0.2) is 5.69 Å². The van der Waals surface area contributed by atoms with Crippen molar-refractivity contribution in [3.05, 3.63) is 23.3 Å². The van der Waals surface area contributed by atoms with Crippen molar-refractivity contribution in [3.8, 4) is 0 Å². The number of hydrogen-bond donors (Lipinski definition) is 3. The Labute approximate surface area is 167 Å². The summed E-state index contributed by atoms with van der Waals surface area (Å²) >= 11 is 0. The molecule has 1 aliphatic rings. The molecule has 2 heterocycles. The second kappa shape index (κ2) is 9.34. The first-order valence-corrected chi connectivity index (χ1v) is 9.76. The molecule has 8 heteroatoms. The Kier molecular flexibility index (Phi) is 7.37. The lowest BCUT2D eigenvalue weighted by atomic mass is 9.86. The van der Waals surface area contributed by atoms with E-state index in [-0.39, 0.29) is 18.4 Å². The van der Waals surface area contributed by atoms with Gasteiger partial charge in [-0.25, -0.2) is 4.98 Å². The number of imidazole rings is 1. The van der Waals surface area contributed by atoms with E-state index < -0.39 is 11.5 Å². The molecule has 0 saturated heterocycles. The van der Waals surface area contributed by atoms with Crippen molar-refractivity contribution >= 4 is 17.9 Å². The topological polar surface area (TPSA) is 99.5 Å². The maximum Gasteiger partial charge on any atom is 0.272 e. The number of likely N-dealkylation sites (N-methyl/N-ethyl adjacent to an activating group) is 1. The van der Waals surface area contributed by atoms with Crippen molar-refractivity contribution in [2.24, 2.45) is 5.41 Å². The Hall–Kier alpha value is -2.19. The molecular formula is C20H33N5O3. The van der Waals surface area contributed by atoms with Crippen molar-refractivity contribution in [2.45, 2.75) is 52.7 Å². The monoisotopic (exact) mass is 391 g/mol. The quantitative estimate of drug-likeness (QED) is 0.672. The molecule has 1 atom stereocenters. The number of fused-ring (bicyclic) bond motifs is 1. The molecule has 0 bridgehead atoms. The van der Waals surface area contributed by atoms with Gasteiger partial charge in [0.05, 0.1) is 5.69 Å². The zero-order chi connectivity index (χ0) is 20.9. The van der Waals surface area contributed by atoms with Crippen LogP contribution >= 0.6 is 0 Å². The predicted octanol–water partition coefficient (Wildman–Crippen LogP) is 1.00. The maximum atomic E-state index is 13.1. The van der Waals surface area contributed by atoms with Crippen LogP contribution in [0.15, 0.2) is 6.08 Å². The van der Waals surface area contributed by atoms with Crippen molar-refractivity contribution < 1.29 is 14.7 Å². The minimum atomic E-state index is -0.667. The highest BCUT2D eigenvalue weighted by atomic mass is 16.2. The van der Waals surface area contributed by atoms with E-state index in [1.807, 2.05) is 40.0 Å². The van der Waals surface area contributed by atoms with Gasteiger partial charge in [-0.15, -0.1) is 0 Å². The summed E-state index contributed by atoms with van der Waals surface area (Å²) in [5.74, 6) is 0.131. The molecule has 8 nitrogen and oxygen atoms in total. The van der Waals surface area contributed by atoms with Gasteiger partial charge in [-0.2, -0.15) is 0 Å². The van der Waals surface area contributed by atoms with Gasteiger partial charge in [0.2, 0.25) is 5.91 Å². The lowest BCUT2D eigenvalue weighted by Gasteiger charge is -2.29. The number of aliphatic hydroxyl groups is 1. The number of nitrogens with zero attached hydrogens (tertiary/aromatic N) is 3. The van der Waals surface area contributed by atoms with E-state index in [1.54, 1.807) is 7.05 Å². The van der Waals surface area contributed by atoms with Crippen molar-refractivity contribution in [3.63, 3.8) is 0 Å². The second-order valence-electron chi connectivity index (χ2n) is 8.31. The van der Waals surface area contributed by atoms with E-state index in [0.717, 1.165) is 25.2 Å². The number of aliphatic hydroxyl groups excluding tert-OH is 1. The molecule has 28 heavy (non-hydrogen) atoms. The van der Waals surface area contributed by atoms with E-state index >= 15 is 0 Å². The molecule has 1 unspecified atom stereocenters. The summed E-state index contributed by atoms with van der Waals surface area (Å²) in [5, 5.41) is 14.5. The summed E-state index contributed by atoms with van der Waals surface area (Å²) in [4.78, 5) is 32.2. The van der Waals surface area contributed by atoms with Crippen LogP contribution in [0.25, 0.3) is 6.08 Å². The van der Waals surface area contributed by atoms with Gasteiger partial charge in [0.25, 0.3) is 5.91 Å². The fourth-order valence-electron chi connectivity index (χ4n) is 3.34. The highest BCUT2D eigenvalue weighted by Gasteiger charge is 2.34. The molecule has 0 aliphatic carbocycles. The molecule has 3 N–H and O–H groups in total. The van der Waals surface area contributed by atoms with Crippen LogP contribution in [0.3, 0.4) is 0 Å². The average Bonchev–Trinajstić information content (AvgIpc) is 2.83. The third kappa shape index (κ3) is 5.20. The molecule has 0 radical (unpaired) electrons. The third-order valence-electron chi connectivity index (χ3n) is 4.87. The van der Waals surface area contributed by atoms with E-state index in [2.05, 4.69) is 25.1 Å². The molecule has 2 amide bonds. The zero-order valence-corrected chi connectivity index (χ0v) is 17.6.